The second-order valence-corrected chi connectivity index (χ2v) is 26.6. The molecule has 0 aromatic carbocycles. The van der Waals surface area contributed by atoms with Crippen molar-refractivity contribution in [2.75, 3.05) is 39.6 Å². The van der Waals surface area contributed by atoms with E-state index < -0.39 is 97.5 Å². The van der Waals surface area contributed by atoms with Gasteiger partial charge in [-0.15, -0.1) is 0 Å². The minimum atomic E-state index is -5.02. The van der Waals surface area contributed by atoms with E-state index in [0.717, 1.165) is 135 Å². The topological polar surface area (TPSA) is 237 Å². The molecule has 0 aromatic rings. The van der Waals surface area contributed by atoms with Crippen molar-refractivity contribution in [2.24, 2.45) is 0 Å². The molecule has 0 rings (SSSR count). The minimum Gasteiger partial charge on any atom is -0.462 e. The summed E-state index contributed by atoms with van der Waals surface area (Å²) in [7, 11) is -10.0. The summed E-state index contributed by atoms with van der Waals surface area (Å²) in [5.41, 5.74) is 0. The van der Waals surface area contributed by atoms with Crippen LogP contribution >= 0.6 is 15.6 Å². The second kappa shape index (κ2) is 73.0. The second-order valence-electron chi connectivity index (χ2n) is 23.7. The van der Waals surface area contributed by atoms with Crippen LogP contribution in [0.15, 0.2) is 207 Å². The van der Waals surface area contributed by atoms with Crippen LogP contribution in [0.25, 0.3) is 0 Å². The molecule has 0 radical (unpaired) electrons. The fourth-order valence-corrected chi connectivity index (χ4v) is 10.3. The van der Waals surface area contributed by atoms with E-state index in [1.54, 1.807) is 0 Å². The standard InChI is InChI=1S/C83H128O17P2/c1-5-9-13-17-21-25-29-33-37-38-42-44-48-52-56-60-64-68-81(86)94-74-79(100-83(88)70-66-62-58-54-50-46-41-36-32-28-24-20-16-12-8-4)76-98-102(91,92)96-72-77(84)71-95-101(89,90)97-75-78(99-82(87)69-65-61-57-53-49-45-40-35-31-27-23-19-15-11-7-3)73-93-80(85)67-63-59-55-51-47-43-39-34-30-26-22-18-14-10-6-2/h9-16,21-28,33-37,39-42,44,47,49-54,56,77-79,84H,5-8,17-20,29-32,38,43,45-46,48,55,57-76H2,1-4H3,(H,89,90)(H,91,92)/b13-9-,14-10-,15-11-,16-12-,25-21-,26-22-,27-23-,28-24-,37-33-,39-34-,40-35-,41-36-,44-42-,51-47-,53-49-,54-50-,56-52-. The number of hydrogen-bond donors (Lipinski definition) is 3. The van der Waals surface area contributed by atoms with Crippen LogP contribution in [0.5, 0.6) is 0 Å². The molecule has 0 heterocycles. The normalized spacial score (nSPS) is 15.1. The number of ether oxygens (including phenoxy) is 4. The molecule has 572 valence electrons. The Balaban J connectivity index is 5.55. The lowest BCUT2D eigenvalue weighted by Crippen LogP contribution is -2.30. The monoisotopic (exact) mass is 1460 g/mol. The molecule has 19 heteroatoms. The van der Waals surface area contributed by atoms with Crippen LogP contribution in [0.2, 0.25) is 0 Å². The van der Waals surface area contributed by atoms with E-state index in [1.165, 1.54) is 0 Å². The van der Waals surface area contributed by atoms with Gasteiger partial charge in [-0.05, 0) is 180 Å². The maximum atomic E-state index is 13.1. The molecule has 0 aliphatic rings. The van der Waals surface area contributed by atoms with Gasteiger partial charge in [0.05, 0.1) is 26.4 Å². The number of unbranched alkanes of at least 4 members (excludes halogenated alkanes) is 7. The minimum absolute atomic E-state index is 0.0190. The number of rotatable bonds is 67. The van der Waals surface area contributed by atoms with E-state index in [0.29, 0.717) is 44.9 Å². The molecule has 3 N–H and O–H groups in total. The average molecular weight is 1460 g/mol. The third-order valence-corrected chi connectivity index (χ3v) is 16.1. The van der Waals surface area contributed by atoms with E-state index in [-0.39, 0.29) is 25.7 Å². The summed E-state index contributed by atoms with van der Waals surface area (Å²) in [6.07, 6.45) is 89.9. The SMILES string of the molecule is CC/C=C\C/C=C\C/C=C\C/C=C\C/C=C\CCCC(=O)OCC(COP(=O)(O)OCC(O)COP(=O)(O)OCC(COC(=O)CCCC/C=C\C/C=C\C/C=C\C/C=C\CC)OC(=O)CCCC/C=C\C/C=C\C/C=C\C/C=C\CC)OC(=O)CCCC/C=C\C/C=C\C/C=C\C/C=C\CC. The van der Waals surface area contributed by atoms with Gasteiger partial charge < -0.3 is 33.8 Å². The van der Waals surface area contributed by atoms with Crippen LogP contribution in [-0.4, -0.2) is 96.7 Å². The van der Waals surface area contributed by atoms with Gasteiger partial charge in [0.2, 0.25) is 0 Å². The predicted molar refractivity (Wildman–Crippen MR) is 417 cm³/mol. The summed E-state index contributed by atoms with van der Waals surface area (Å²) in [4.78, 5) is 72.8. The molecule has 0 bridgehead atoms. The zero-order chi connectivity index (χ0) is 74.6. The highest BCUT2D eigenvalue weighted by molar-refractivity contribution is 7.47. The molecule has 0 saturated heterocycles. The summed E-state index contributed by atoms with van der Waals surface area (Å²) in [6, 6.07) is 0. The van der Waals surface area contributed by atoms with Gasteiger partial charge in [-0.2, -0.15) is 0 Å². The van der Waals surface area contributed by atoms with Crippen molar-refractivity contribution in [1.82, 2.24) is 0 Å². The number of phosphoric ester groups is 2. The number of allylic oxidation sites excluding steroid dienone is 34. The van der Waals surface area contributed by atoms with Crippen molar-refractivity contribution in [3.05, 3.63) is 207 Å². The molecular weight excluding hydrogens is 1330 g/mol. The summed E-state index contributed by atoms with van der Waals surface area (Å²) in [5, 5.41) is 10.6. The highest BCUT2D eigenvalue weighted by atomic mass is 31.2. The predicted octanol–water partition coefficient (Wildman–Crippen LogP) is 21.5. The third kappa shape index (κ3) is 72.0. The molecule has 0 fully saturated rings. The molecule has 17 nitrogen and oxygen atoms in total. The van der Waals surface area contributed by atoms with Crippen LogP contribution in [-0.2, 0) is 65.4 Å². The van der Waals surface area contributed by atoms with Gasteiger partial charge in [-0.3, -0.25) is 37.3 Å². The fourth-order valence-electron chi connectivity index (χ4n) is 8.70. The first-order chi connectivity index (χ1) is 49.7. The lowest BCUT2D eigenvalue weighted by molar-refractivity contribution is -0.161. The van der Waals surface area contributed by atoms with Gasteiger partial charge in [0.1, 0.15) is 19.3 Å². The Morgan fingerprint density at radius 2 is 0.480 bits per heavy atom. The Hall–Kier alpha value is -6.36. The molecule has 0 aromatic heterocycles. The molecular formula is C83H128O17P2. The Bertz CT molecular complexity index is 2750. The van der Waals surface area contributed by atoms with Crippen molar-refractivity contribution in [3.63, 3.8) is 0 Å². The Kier molecular flexibility index (Phi) is 68.4. The van der Waals surface area contributed by atoms with E-state index in [9.17, 15) is 43.2 Å². The van der Waals surface area contributed by atoms with Crippen molar-refractivity contribution in [3.8, 4) is 0 Å². The molecule has 5 unspecified atom stereocenters. The Morgan fingerprint density at radius 3 is 0.735 bits per heavy atom. The quantitative estimate of drug-likeness (QED) is 0.0169. The van der Waals surface area contributed by atoms with Crippen LogP contribution in [0.3, 0.4) is 0 Å². The van der Waals surface area contributed by atoms with Gasteiger partial charge >= 0.3 is 39.5 Å². The first-order valence-corrected chi connectivity index (χ1v) is 40.3. The maximum Gasteiger partial charge on any atom is 0.472 e. The average Bonchev–Trinajstić information content (AvgIpc) is 0.923. The Morgan fingerprint density at radius 1 is 0.275 bits per heavy atom. The summed E-state index contributed by atoms with van der Waals surface area (Å²) in [5.74, 6) is -2.42. The summed E-state index contributed by atoms with van der Waals surface area (Å²) in [6.45, 7) is 4.14. The van der Waals surface area contributed by atoms with E-state index in [1.807, 2.05) is 24.3 Å². The highest BCUT2D eigenvalue weighted by Crippen LogP contribution is 2.45. The highest BCUT2D eigenvalue weighted by Gasteiger charge is 2.30. The van der Waals surface area contributed by atoms with Crippen LogP contribution in [0.1, 0.15) is 233 Å². The molecule has 0 saturated carbocycles. The first-order valence-electron chi connectivity index (χ1n) is 37.3. The zero-order valence-corrected chi connectivity index (χ0v) is 64.0. The lowest BCUT2D eigenvalue weighted by atomic mass is 10.1. The van der Waals surface area contributed by atoms with E-state index >= 15 is 0 Å². The smallest absolute Gasteiger partial charge is 0.462 e. The fraction of sp³-hybridized carbons (Fsp3) is 0.542. The van der Waals surface area contributed by atoms with Gasteiger partial charge in [-0.25, -0.2) is 9.13 Å². The van der Waals surface area contributed by atoms with Gasteiger partial charge in [0, 0.05) is 25.7 Å². The molecule has 0 spiro atoms. The number of aliphatic hydroxyl groups excluding tert-OH is 1. The summed E-state index contributed by atoms with van der Waals surface area (Å²) >= 11 is 0. The number of esters is 4. The van der Waals surface area contributed by atoms with Crippen molar-refractivity contribution in [1.29, 1.82) is 0 Å². The third-order valence-electron chi connectivity index (χ3n) is 14.2. The van der Waals surface area contributed by atoms with Crippen molar-refractivity contribution >= 4 is 39.5 Å². The largest absolute Gasteiger partial charge is 0.472 e. The lowest BCUT2D eigenvalue weighted by Gasteiger charge is -2.21. The number of aliphatic hydroxyl groups is 1. The molecule has 0 aliphatic heterocycles. The van der Waals surface area contributed by atoms with Crippen LogP contribution in [0, 0.1) is 0 Å². The number of carbonyl (C=O) groups excluding carboxylic acids is 4. The number of carbonyl (C=O) groups is 4. The molecule has 5 atom stereocenters. The molecule has 0 aliphatic carbocycles. The molecule has 0 amide bonds. The first kappa shape index (κ1) is 95.6. The number of hydrogen-bond acceptors (Lipinski definition) is 15. The maximum absolute atomic E-state index is 13.1. The molecule has 102 heavy (non-hydrogen) atoms. The van der Waals surface area contributed by atoms with Crippen LogP contribution in [0.4, 0.5) is 0 Å². The van der Waals surface area contributed by atoms with Crippen molar-refractivity contribution < 1.29 is 80.2 Å². The number of phosphoric acid groups is 2. The van der Waals surface area contributed by atoms with E-state index in [4.69, 9.17) is 37.0 Å². The van der Waals surface area contributed by atoms with Gasteiger partial charge in [0.15, 0.2) is 12.2 Å². The summed E-state index contributed by atoms with van der Waals surface area (Å²) < 4.78 is 68.2. The van der Waals surface area contributed by atoms with Crippen LogP contribution < -0.4 is 0 Å². The van der Waals surface area contributed by atoms with Gasteiger partial charge in [-0.1, -0.05) is 234 Å². The van der Waals surface area contributed by atoms with Crippen molar-refractivity contribution in [2.45, 2.75) is 251 Å². The van der Waals surface area contributed by atoms with E-state index in [2.05, 4.69) is 210 Å². The van der Waals surface area contributed by atoms with Gasteiger partial charge in [0.25, 0.3) is 0 Å². The zero-order valence-electron chi connectivity index (χ0n) is 62.2. The Labute approximate surface area is 614 Å².